The molecule has 3 nitrogen and oxygen atoms in total. The van der Waals surface area contributed by atoms with E-state index in [2.05, 4.69) is 16.0 Å². The minimum atomic E-state index is 0. The molecule has 1 aromatic heterocycles. The number of pyridine rings is 1. The Hall–Kier alpha value is 0.0139. The molecule has 4 rings (SSSR count). The molecule has 0 N–H and O–H groups in total. The van der Waals surface area contributed by atoms with Crippen LogP contribution in [0.2, 0.25) is 0 Å². The van der Waals surface area contributed by atoms with E-state index in [0.717, 1.165) is 18.3 Å². The molecular weight excluding hydrogens is 277 g/mol. The van der Waals surface area contributed by atoms with Gasteiger partial charge in [0.25, 0.3) is 0 Å². The van der Waals surface area contributed by atoms with Crippen LogP contribution in [0.1, 0.15) is 12.8 Å². The van der Waals surface area contributed by atoms with Crippen LogP contribution in [0.3, 0.4) is 0 Å². The average Bonchev–Trinajstić information content (AvgIpc) is 2.32. The topological polar surface area (TPSA) is 25.4 Å². The fraction of sp³-hybridized carbons (Fsp3) is 0.583. The van der Waals surface area contributed by atoms with Crippen LogP contribution in [-0.2, 0) is 32.7 Å². The Labute approximate surface area is 121 Å². The Morgan fingerprint density at radius 3 is 2.75 bits per heavy atom. The van der Waals surface area contributed by atoms with Crippen LogP contribution in [0, 0.1) is 12.0 Å². The predicted octanol–water partition coefficient (Wildman–Crippen LogP) is 1.35. The zero-order chi connectivity index (χ0) is 10.1. The number of aromatic nitrogens is 1. The summed E-state index contributed by atoms with van der Waals surface area (Å²) in [7, 11) is 0. The summed E-state index contributed by atoms with van der Waals surface area (Å²) in [5.74, 6) is 1.48. The van der Waals surface area contributed by atoms with Crippen LogP contribution >= 0.6 is 0 Å². The molecule has 0 saturated carbocycles. The third-order valence-electron chi connectivity index (χ3n) is 3.46. The quantitative estimate of drug-likeness (QED) is 0.770. The van der Waals surface area contributed by atoms with Crippen molar-refractivity contribution in [2.24, 2.45) is 5.92 Å². The van der Waals surface area contributed by atoms with Crippen molar-refractivity contribution in [3.05, 3.63) is 24.4 Å². The van der Waals surface area contributed by atoms with Crippen LogP contribution in [0.5, 0.6) is 5.88 Å². The summed E-state index contributed by atoms with van der Waals surface area (Å²) in [5.41, 5.74) is 0. The first-order chi connectivity index (χ1) is 7.42. The Morgan fingerprint density at radius 2 is 2.19 bits per heavy atom. The molecule has 3 aliphatic heterocycles. The molecule has 0 aliphatic carbocycles. The SMILES string of the molecule is [Y].[c-]1ccc(OC2CN3CCC2CC3)nc1. The molecule has 4 heteroatoms. The zero-order valence-corrected chi connectivity index (χ0v) is 12.1. The first kappa shape index (κ1) is 12.5. The van der Waals surface area contributed by atoms with Gasteiger partial charge in [0.2, 0.25) is 0 Å². The normalized spacial score (nSPS) is 31.9. The maximum absolute atomic E-state index is 5.92. The van der Waals surface area contributed by atoms with Crippen LogP contribution in [0.25, 0.3) is 0 Å². The van der Waals surface area contributed by atoms with Gasteiger partial charge in [0.1, 0.15) is 12.0 Å². The molecule has 3 aliphatic rings. The molecule has 1 unspecified atom stereocenters. The van der Waals surface area contributed by atoms with Crippen molar-refractivity contribution < 1.29 is 37.4 Å². The van der Waals surface area contributed by atoms with E-state index in [0.29, 0.717) is 6.10 Å². The van der Waals surface area contributed by atoms with E-state index in [1.165, 1.54) is 25.9 Å². The summed E-state index contributed by atoms with van der Waals surface area (Å²) in [6, 6.07) is 6.64. The van der Waals surface area contributed by atoms with E-state index in [9.17, 15) is 0 Å². The molecule has 3 saturated heterocycles. The van der Waals surface area contributed by atoms with E-state index < -0.39 is 0 Å². The van der Waals surface area contributed by atoms with Crippen LogP contribution in [0.15, 0.2) is 18.3 Å². The number of nitrogens with zero attached hydrogens (tertiary/aromatic N) is 2. The van der Waals surface area contributed by atoms with Crippen molar-refractivity contribution in [1.29, 1.82) is 0 Å². The second kappa shape index (κ2) is 5.57. The Morgan fingerprint density at radius 1 is 1.38 bits per heavy atom. The number of piperidine rings is 3. The first-order valence-electron chi connectivity index (χ1n) is 5.63. The summed E-state index contributed by atoms with van der Waals surface area (Å²) in [6.07, 6.45) is 4.58. The van der Waals surface area contributed by atoms with Crippen LogP contribution in [-0.4, -0.2) is 35.6 Å². The first-order valence-corrected chi connectivity index (χ1v) is 5.63. The number of ether oxygens (including phenoxy) is 1. The molecule has 0 spiro atoms. The zero-order valence-electron chi connectivity index (χ0n) is 9.30. The van der Waals surface area contributed by atoms with Crippen molar-refractivity contribution in [2.45, 2.75) is 18.9 Å². The molecule has 1 atom stereocenters. The molecule has 1 aromatic rings. The molecule has 83 valence electrons. The molecule has 4 heterocycles. The Balaban J connectivity index is 0.000000963. The molecule has 1 radical (unpaired) electrons. The Bertz CT molecular complexity index is 325. The second-order valence-electron chi connectivity index (χ2n) is 4.39. The van der Waals surface area contributed by atoms with Crippen molar-refractivity contribution in [3.8, 4) is 5.88 Å². The maximum atomic E-state index is 5.92. The second-order valence-corrected chi connectivity index (χ2v) is 4.39. The van der Waals surface area contributed by atoms with Crippen molar-refractivity contribution >= 4 is 0 Å². The molecule has 16 heavy (non-hydrogen) atoms. The van der Waals surface area contributed by atoms with Gasteiger partial charge in [0.15, 0.2) is 0 Å². The standard InChI is InChI=1S/C12H15N2O.Y/c1-2-6-13-12(3-1)15-11-9-14-7-4-10(11)5-8-14;/h1,3,6,10-11H,4-5,7-9H2;/q-1;. The monoisotopic (exact) mass is 292 g/mol. The number of fused-ring (bicyclic) bond motifs is 3. The summed E-state index contributed by atoms with van der Waals surface area (Å²) in [4.78, 5) is 6.65. The third kappa shape index (κ3) is 2.63. The predicted molar refractivity (Wildman–Crippen MR) is 56.7 cm³/mol. The minimum absolute atomic E-state index is 0. The molecule has 0 amide bonds. The molecule has 0 aromatic carbocycles. The van der Waals surface area contributed by atoms with E-state index in [1.54, 1.807) is 6.20 Å². The van der Waals surface area contributed by atoms with Gasteiger partial charge in [-0.05, 0) is 31.8 Å². The smallest absolute Gasteiger partial charge is 0.127 e. The van der Waals surface area contributed by atoms with Gasteiger partial charge in [-0.25, -0.2) is 12.1 Å². The van der Waals surface area contributed by atoms with E-state index in [-0.39, 0.29) is 32.7 Å². The molecule has 3 fully saturated rings. The van der Waals surface area contributed by atoms with Gasteiger partial charge >= 0.3 is 0 Å². The van der Waals surface area contributed by atoms with Gasteiger partial charge in [-0.2, -0.15) is 0 Å². The number of rotatable bonds is 2. The van der Waals surface area contributed by atoms with E-state index in [4.69, 9.17) is 4.74 Å². The maximum Gasteiger partial charge on any atom is 0.127 e. The Kier molecular flexibility index (Phi) is 4.34. The summed E-state index contributed by atoms with van der Waals surface area (Å²) >= 11 is 0. The summed E-state index contributed by atoms with van der Waals surface area (Å²) in [5, 5.41) is 0. The third-order valence-corrected chi connectivity index (χ3v) is 3.46. The van der Waals surface area contributed by atoms with Crippen LogP contribution in [0.4, 0.5) is 0 Å². The average molecular weight is 292 g/mol. The van der Waals surface area contributed by atoms with E-state index >= 15 is 0 Å². The number of hydrogen-bond donors (Lipinski definition) is 0. The van der Waals surface area contributed by atoms with Gasteiger partial charge in [-0.1, -0.05) is 6.20 Å². The van der Waals surface area contributed by atoms with Crippen LogP contribution < -0.4 is 4.74 Å². The van der Waals surface area contributed by atoms with Crippen molar-refractivity contribution in [2.75, 3.05) is 19.6 Å². The summed E-state index contributed by atoms with van der Waals surface area (Å²) in [6.45, 7) is 3.58. The molecular formula is C12H15N2OY-. The largest absolute Gasteiger partial charge is 0.489 e. The van der Waals surface area contributed by atoms with Gasteiger partial charge in [0, 0.05) is 39.3 Å². The van der Waals surface area contributed by atoms with Crippen molar-refractivity contribution in [3.63, 3.8) is 0 Å². The fourth-order valence-electron chi connectivity index (χ4n) is 2.58. The summed E-state index contributed by atoms with van der Waals surface area (Å²) < 4.78 is 5.92. The van der Waals surface area contributed by atoms with Gasteiger partial charge < -0.3 is 4.74 Å². The number of hydrogen-bond acceptors (Lipinski definition) is 3. The van der Waals surface area contributed by atoms with Gasteiger partial charge in [-0.3, -0.25) is 9.88 Å². The van der Waals surface area contributed by atoms with E-state index in [1.807, 2.05) is 12.1 Å². The van der Waals surface area contributed by atoms with Gasteiger partial charge in [-0.15, -0.1) is 6.07 Å². The molecule has 2 bridgehead atoms. The van der Waals surface area contributed by atoms with Crippen molar-refractivity contribution in [1.82, 2.24) is 9.88 Å². The minimum Gasteiger partial charge on any atom is -0.489 e. The fourth-order valence-corrected chi connectivity index (χ4v) is 2.58. The van der Waals surface area contributed by atoms with Gasteiger partial charge in [0.05, 0.1) is 0 Å².